The summed E-state index contributed by atoms with van der Waals surface area (Å²) >= 11 is 0. The van der Waals surface area contributed by atoms with Crippen LogP contribution in [0.1, 0.15) is 12.1 Å². The second-order valence-electron chi connectivity index (χ2n) is 4.91. The third-order valence-corrected chi connectivity index (χ3v) is 3.38. The Morgan fingerprint density at radius 2 is 2.15 bits per heavy atom. The van der Waals surface area contributed by atoms with Gasteiger partial charge in [-0.15, -0.1) is 0 Å². The topological polar surface area (TPSA) is 60.8 Å². The van der Waals surface area contributed by atoms with E-state index in [2.05, 4.69) is 4.98 Å². The van der Waals surface area contributed by atoms with Crippen molar-refractivity contribution in [1.29, 1.82) is 0 Å². The number of pyridine rings is 1. The number of ether oxygens (including phenoxy) is 3. The molecule has 5 nitrogen and oxygen atoms in total. The number of fused-ring (bicyclic) bond motifs is 1. The highest BCUT2D eigenvalue weighted by atomic mass is 16.6. The van der Waals surface area contributed by atoms with E-state index in [-0.39, 0.29) is 11.9 Å². The van der Waals surface area contributed by atoms with Crippen LogP contribution in [-0.4, -0.2) is 36.5 Å². The van der Waals surface area contributed by atoms with Crippen LogP contribution < -0.4 is 9.47 Å². The van der Waals surface area contributed by atoms with E-state index in [0.717, 1.165) is 12.1 Å². The Labute approximate surface area is 117 Å². The van der Waals surface area contributed by atoms with Gasteiger partial charge in [-0.3, -0.25) is 4.98 Å². The standard InChI is InChI=1S/C15H17NO4/c1-9-5-13(17)11-6-15(20-10-3-4-19-8-10)14(18-2)7-12(11)16-9/h5-7,10H,3-4,8H2,1-2H3,(H,16,17). The Hall–Kier alpha value is -2.01. The van der Waals surface area contributed by atoms with Gasteiger partial charge in [-0.25, -0.2) is 0 Å². The second kappa shape index (κ2) is 5.17. The van der Waals surface area contributed by atoms with Gasteiger partial charge in [0.2, 0.25) is 0 Å². The van der Waals surface area contributed by atoms with Crippen molar-refractivity contribution in [3.05, 3.63) is 23.9 Å². The van der Waals surface area contributed by atoms with Crippen molar-refractivity contribution in [2.75, 3.05) is 20.3 Å². The van der Waals surface area contributed by atoms with Crippen molar-refractivity contribution in [1.82, 2.24) is 4.98 Å². The zero-order valence-electron chi connectivity index (χ0n) is 11.5. The fourth-order valence-corrected chi connectivity index (χ4v) is 2.38. The lowest BCUT2D eigenvalue weighted by Gasteiger charge is -2.16. The van der Waals surface area contributed by atoms with Crippen molar-refractivity contribution in [2.45, 2.75) is 19.4 Å². The number of aryl methyl sites for hydroxylation is 1. The average Bonchev–Trinajstić information content (AvgIpc) is 2.91. The number of nitrogens with zero attached hydrogens (tertiary/aromatic N) is 1. The monoisotopic (exact) mass is 275 g/mol. The molecule has 20 heavy (non-hydrogen) atoms. The molecular formula is C15H17NO4. The molecule has 1 saturated heterocycles. The van der Waals surface area contributed by atoms with E-state index in [0.29, 0.717) is 35.6 Å². The Morgan fingerprint density at radius 3 is 2.85 bits per heavy atom. The molecule has 0 amide bonds. The molecule has 1 atom stereocenters. The van der Waals surface area contributed by atoms with Crippen LogP contribution in [0.2, 0.25) is 0 Å². The van der Waals surface area contributed by atoms with E-state index in [1.807, 2.05) is 6.92 Å². The Kier molecular flexibility index (Phi) is 3.36. The molecule has 0 aliphatic carbocycles. The maximum Gasteiger partial charge on any atom is 0.162 e. The Morgan fingerprint density at radius 1 is 1.30 bits per heavy atom. The number of hydrogen-bond donors (Lipinski definition) is 1. The van der Waals surface area contributed by atoms with Crippen molar-refractivity contribution < 1.29 is 19.3 Å². The molecular weight excluding hydrogens is 258 g/mol. The van der Waals surface area contributed by atoms with Crippen molar-refractivity contribution in [3.63, 3.8) is 0 Å². The van der Waals surface area contributed by atoms with Crippen molar-refractivity contribution in [3.8, 4) is 17.2 Å². The molecule has 106 valence electrons. The molecule has 0 saturated carbocycles. The molecule has 0 spiro atoms. The first-order valence-corrected chi connectivity index (χ1v) is 6.60. The number of aromatic hydroxyl groups is 1. The van der Waals surface area contributed by atoms with Crippen molar-refractivity contribution in [2.24, 2.45) is 0 Å². The molecule has 1 unspecified atom stereocenters. The number of methoxy groups -OCH3 is 1. The summed E-state index contributed by atoms with van der Waals surface area (Å²) in [6, 6.07) is 5.19. The lowest BCUT2D eigenvalue weighted by molar-refractivity contribution is 0.139. The highest BCUT2D eigenvalue weighted by molar-refractivity contribution is 5.88. The third kappa shape index (κ3) is 2.36. The number of hydrogen-bond acceptors (Lipinski definition) is 5. The van der Waals surface area contributed by atoms with Gasteiger partial charge in [0.25, 0.3) is 0 Å². The minimum Gasteiger partial charge on any atom is -0.507 e. The summed E-state index contributed by atoms with van der Waals surface area (Å²) in [5.41, 5.74) is 1.45. The van der Waals surface area contributed by atoms with E-state index in [1.165, 1.54) is 0 Å². The summed E-state index contributed by atoms with van der Waals surface area (Å²) in [6.07, 6.45) is 0.890. The Balaban J connectivity index is 2.05. The summed E-state index contributed by atoms with van der Waals surface area (Å²) in [6.45, 7) is 3.14. The van der Waals surface area contributed by atoms with E-state index in [4.69, 9.17) is 14.2 Å². The molecule has 1 N–H and O–H groups in total. The lowest BCUT2D eigenvalue weighted by Crippen LogP contribution is -2.16. The van der Waals surface area contributed by atoms with Crippen LogP contribution in [0, 0.1) is 6.92 Å². The van der Waals surface area contributed by atoms with Gasteiger partial charge >= 0.3 is 0 Å². The van der Waals surface area contributed by atoms with Crippen LogP contribution in [0.4, 0.5) is 0 Å². The van der Waals surface area contributed by atoms with Gasteiger partial charge < -0.3 is 19.3 Å². The maximum absolute atomic E-state index is 10.0. The normalized spacial score (nSPS) is 18.4. The summed E-state index contributed by atoms with van der Waals surface area (Å²) in [7, 11) is 1.59. The summed E-state index contributed by atoms with van der Waals surface area (Å²) < 4.78 is 16.6. The molecule has 1 aliphatic heterocycles. The quantitative estimate of drug-likeness (QED) is 0.932. The molecule has 2 heterocycles. The van der Waals surface area contributed by atoms with Crippen molar-refractivity contribution >= 4 is 10.9 Å². The molecule has 0 radical (unpaired) electrons. The van der Waals surface area contributed by atoms with Gasteiger partial charge in [0.15, 0.2) is 11.5 Å². The number of benzene rings is 1. The highest BCUT2D eigenvalue weighted by Crippen LogP contribution is 2.36. The molecule has 0 bridgehead atoms. The molecule has 5 heteroatoms. The summed E-state index contributed by atoms with van der Waals surface area (Å²) in [5.74, 6) is 1.42. The molecule has 1 aliphatic rings. The molecule has 2 aromatic rings. The van der Waals surface area contributed by atoms with Gasteiger partial charge in [0.05, 0.1) is 25.8 Å². The van der Waals surface area contributed by atoms with Crippen LogP contribution in [0.3, 0.4) is 0 Å². The predicted molar refractivity (Wildman–Crippen MR) is 74.5 cm³/mol. The molecule has 1 aromatic heterocycles. The van der Waals surface area contributed by atoms with E-state index in [1.54, 1.807) is 25.3 Å². The summed E-state index contributed by atoms with van der Waals surface area (Å²) in [4.78, 5) is 4.40. The van der Waals surface area contributed by atoms with Gasteiger partial charge in [0, 0.05) is 29.6 Å². The minimum atomic E-state index is 0.0295. The predicted octanol–water partition coefficient (Wildman–Crippen LogP) is 2.43. The van der Waals surface area contributed by atoms with Gasteiger partial charge in [-0.1, -0.05) is 0 Å². The fraction of sp³-hybridized carbons (Fsp3) is 0.400. The van der Waals surface area contributed by atoms with E-state index in [9.17, 15) is 5.11 Å². The van der Waals surface area contributed by atoms with Crippen LogP contribution in [0.25, 0.3) is 10.9 Å². The average molecular weight is 275 g/mol. The van der Waals surface area contributed by atoms with E-state index < -0.39 is 0 Å². The summed E-state index contributed by atoms with van der Waals surface area (Å²) in [5, 5.41) is 10.7. The van der Waals surface area contributed by atoms with Crippen LogP contribution in [-0.2, 0) is 4.74 Å². The first kappa shape index (κ1) is 13.0. The SMILES string of the molecule is COc1cc2nc(C)cc(O)c2cc1OC1CCOC1. The molecule has 3 rings (SSSR count). The van der Waals surface area contributed by atoms with Gasteiger partial charge in [-0.2, -0.15) is 0 Å². The highest BCUT2D eigenvalue weighted by Gasteiger charge is 2.20. The smallest absolute Gasteiger partial charge is 0.162 e. The number of aromatic nitrogens is 1. The Bertz CT molecular complexity index is 635. The van der Waals surface area contributed by atoms with Crippen LogP contribution in [0.5, 0.6) is 17.2 Å². The maximum atomic E-state index is 10.0. The minimum absolute atomic E-state index is 0.0295. The lowest BCUT2D eigenvalue weighted by atomic mass is 10.1. The third-order valence-electron chi connectivity index (χ3n) is 3.38. The fourth-order valence-electron chi connectivity index (χ4n) is 2.38. The zero-order chi connectivity index (χ0) is 14.1. The van der Waals surface area contributed by atoms with Gasteiger partial charge in [-0.05, 0) is 13.0 Å². The molecule has 1 fully saturated rings. The zero-order valence-corrected chi connectivity index (χ0v) is 11.5. The largest absolute Gasteiger partial charge is 0.507 e. The molecule has 1 aromatic carbocycles. The van der Waals surface area contributed by atoms with E-state index >= 15 is 0 Å². The van der Waals surface area contributed by atoms with Crippen LogP contribution >= 0.6 is 0 Å². The first-order chi connectivity index (χ1) is 9.67. The number of rotatable bonds is 3. The second-order valence-corrected chi connectivity index (χ2v) is 4.91. The van der Waals surface area contributed by atoms with Gasteiger partial charge in [0.1, 0.15) is 11.9 Å². The first-order valence-electron chi connectivity index (χ1n) is 6.60. The van der Waals surface area contributed by atoms with Crippen LogP contribution in [0.15, 0.2) is 18.2 Å².